The van der Waals surface area contributed by atoms with Gasteiger partial charge in [-0.05, 0) is 31.1 Å². The van der Waals surface area contributed by atoms with E-state index in [4.69, 9.17) is 11.6 Å². The van der Waals surface area contributed by atoms with Gasteiger partial charge < -0.3 is 0 Å². The fraction of sp³-hybridized carbons (Fsp3) is 1.00. The first-order valence-electron chi connectivity index (χ1n) is 6.00. The summed E-state index contributed by atoms with van der Waals surface area (Å²) in [5.74, 6) is 2.02. The molecule has 2 unspecified atom stereocenters. The molecule has 0 radical (unpaired) electrons. The summed E-state index contributed by atoms with van der Waals surface area (Å²) in [6, 6.07) is 0. The third-order valence-corrected chi connectivity index (χ3v) is 4.37. The predicted molar refractivity (Wildman–Crippen MR) is 58.2 cm³/mol. The molecule has 2 fully saturated rings. The minimum absolute atomic E-state index is 0.508. The summed E-state index contributed by atoms with van der Waals surface area (Å²) in [6.07, 6.45) is 12.9. The number of hydrogen-bond donors (Lipinski definition) is 0. The van der Waals surface area contributed by atoms with Crippen LogP contribution in [0.2, 0.25) is 0 Å². The van der Waals surface area contributed by atoms with Gasteiger partial charge in [-0.15, -0.1) is 11.6 Å². The van der Waals surface area contributed by atoms with Crippen molar-refractivity contribution in [3.05, 3.63) is 0 Å². The fourth-order valence-electron chi connectivity index (χ4n) is 3.17. The molecular weight excluding hydrogens is 180 g/mol. The second kappa shape index (κ2) is 4.68. The highest BCUT2D eigenvalue weighted by atomic mass is 35.5. The summed E-state index contributed by atoms with van der Waals surface area (Å²) in [5, 5.41) is 0.508. The van der Waals surface area contributed by atoms with Gasteiger partial charge in [-0.2, -0.15) is 0 Å². The Morgan fingerprint density at radius 1 is 0.692 bits per heavy atom. The molecule has 0 aromatic heterocycles. The van der Waals surface area contributed by atoms with Crippen LogP contribution in [0.1, 0.15) is 57.8 Å². The quantitative estimate of drug-likeness (QED) is 0.436. The standard InChI is InChI=1S/C12H21Cl/c13-12-8-7-11(9-12)10-5-3-1-2-4-6-10/h10-12H,1-9H2. The Morgan fingerprint density at radius 3 is 1.92 bits per heavy atom. The molecule has 0 bridgehead atoms. The molecule has 0 aromatic carbocycles. The Kier molecular flexibility index (Phi) is 3.54. The highest BCUT2D eigenvalue weighted by molar-refractivity contribution is 6.20. The summed E-state index contributed by atoms with van der Waals surface area (Å²) < 4.78 is 0. The van der Waals surface area contributed by atoms with E-state index in [-0.39, 0.29) is 0 Å². The van der Waals surface area contributed by atoms with Gasteiger partial charge in [-0.3, -0.25) is 0 Å². The molecule has 1 heteroatoms. The summed E-state index contributed by atoms with van der Waals surface area (Å²) in [7, 11) is 0. The Balaban J connectivity index is 1.84. The van der Waals surface area contributed by atoms with Crippen LogP contribution in [0.5, 0.6) is 0 Å². The first-order chi connectivity index (χ1) is 6.36. The van der Waals surface area contributed by atoms with Gasteiger partial charge in [0.15, 0.2) is 0 Å². The highest BCUT2D eigenvalue weighted by Crippen LogP contribution is 2.40. The van der Waals surface area contributed by atoms with Crippen molar-refractivity contribution in [3.63, 3.8) is 0 Å². The molecule has 0 heterocycles. The van der Waals surface area contributed by atoms with Gasteiger partial charge in [0.25, 0.3) is 0 Å². The topological polar surface area (TPSA) is 0 Å². The minimum Gasteiger partial charge on any atom is -0.123 e. The minimum atomic E-state index is 0.508. The number of alkyl halides is 1. The Hall–Kier alpha value is 0.290. The normalized spacial score (nSPS) is 37.6. The largest absolute Gasteiger partial charge is 0.123 e. The van der Waals surface area contributed by atoms with Crippen LogP contribution in [-0.2, 0) is 0 Å². The molecule has 0 aromatic rings. The molecule has 2 aliphatic carbocycles. The first-order valence-corrected chi connectivity index (χ1v) is 6.44. The van der Waals surface area contributed by atoms with Gasteiger partial charge in [0.05, 0.1) is 0 Å². The number of halogens is 1. The molecule has 0 saturated heterocycles. The van der Waals surface area contributed by atoms with Crippen LogP contribution in [0.15, 0.2) is 0 Å². The SMILES string of the molecule is ClC1CCC(C2CCCCCC2)C1. The third-order valence-electron chi connectivity index (χ3n) is 3.98. The molecule has 0 nitrogen and oxygen atoms in total. The van der Waals surface area contributed by atoms with E-state index < -0.39 is 0 Å². The zero-order valence-corrected chi connectivity index (χ0v) is 9.23. The molecule has 0 spiro atoms. The van der Waals surface area contributed by atoms with Crippen molar-refractivity contribution in [3.8, 4) is 0 Å². The summed E-state index contributed by atoms with van der Waals surface area (Å²) in [4.78, 5) is 0. The second-order valence-corrected chi connectivity index (χ2v) is 5.54. The predicted octanol–water partition coefficient (Wildman–Crippen LogP) is 4.36. The lowest BCUT2D eigenvalue weighted by atomic mass is 9.85. The lowest BCUT2D eigenvalue weighted by Crippen LogP contribution is -2.11. The maximum Gasteiger partial charge on any atom is 0.0338 e. The molecule has 2 rings (SSSR count). The molecule has 2 atom stereocenters. The summed E-state index contributed by atoms with van der Waals surface area (Å²) >= 11 is 6.17. The van der Waals surface area contributed by atoms with Crippen molar-refractivity contribution in [1.82, 2.24) is 0 Å². The molecule has 13 heavy (non-hydrogen) atoms. The van der Waals surface area contributed by atoms with Crippen LogP contribution in [0.25, 0.3) is 0 Å². The summed E-state index contributed by atoms with van der Waals surface area (Å²) in [5.41, 5.74) is 0. The van der Waals surface area contributed by atoms with Crippen molar-refractivity contribution >= 4 is 11.6 Å². The molecule has 2 saturated carbocycles. The first kappa shape index (κ1) is 9.83. The van der Waals surface area contributed by atoms with Crippen LogP contribution in [0.3, 0.4) is 0 Å². The third kappa shape index (κ3) is 2.62. The van der Waals surface area contributed by atoms with Gasteiger partial charge in [-0.25, -0.2) is 0 Å². The van der Waals surface area contributed by atoms with E-state index in [9.17, 15) is 0 Å². The van der Waals surface area contributed by atoms with Gasteiger partial charge in [0.2, 0.25) is 0 Å². The molecule has 76 valence electrons. The van der Waals surface area contributed by atoms with Crippen LogP contribution >= 0.6 is 11.6 Å². The highest BCUT2D eigenvalue weighted by Gasteiger charge is 2.29. The van der Waals surface area contributed by atoms with Crippen molar-refractivity contribution in [2.75, 3.05) is 0 Å². The van der Waals surface area contributed by atoms with E-state index in [0.29, 0.717) is 5.38 Å². The Morgan fingerprint density at radius 2 is 1.38 bits per heavy atom. The van der Waals surface area contributed by atoms with E-state index in [1.807, 2.05) is 0 Å². The van der Waals surface area contributed by atoms with Crippen LogP contribution in [0, 0.1) is 11.8 Å². The molecule has 0 N–H and O–H groups in total. The lowest BCUT2D eigenvalue weighted by molar-refractivity contribution is 0.304. The van der Waals surface area contributed by atoms with Crippen molar-refractivity contribution in [2.45, 2.75) is 63.2 Å². The van der Waals surface area contributed by atoms with E-state index >= 15 is 0 Å². The van der Waals surface area contributed by atoms with Crippen molar-refractivity contribution in [2.24, 2.45) is 11.8 Å². The van der Waals surface area contributed by atoms with E-state index in [2.05, 4.69) is 0 Å². The zero-order chi connectivity index (χ0) is 9.10. The van der Waals surface area contributed by atoms with Gasteiger partial charge in [-0.1, -0.05) is 38.5 Å². The smallest absolute Gasteiger partial charge is 0.0338 e. The van der Waals surface area contributed by atoms with Gasteiger partial charge in [0, 0.05) is 5.38 Å². The Bertz CT molecular complexity index is 147. The zero-order valence-electron chi connectivity index (χ0n) is 8.47. The average Bonchev–Trinajstić information content (AvgIpc) is 2.43. The van der Waals surface area contributed by atoms with Crippen molar-refractivity contribution in [1.29, 1.82) is 0 Å². The molecule has 0 aliphatic heterocycles. The fourth-order valence-corrected chi connectivity index (χ4v) is 3.52. The van der Waals surface area contributed by atoms with Gasteiger partial charge in [0.1, 0.15) is 0 Å². The molecule has 2 aliphatic rings. The van der Waals surface area contributed by atoms with Crippen LogP contribution < -0.4 is 0 Å². The monoisotopic (exact) mass is 200 g/mol. The lowest BCUT2D eigenvalue weighted by Gasteiger charge is -2.21. The van der Waals surface area contributed by atoms with E-state index in [1.165, 1.54) is 57.8 Å². The van der Waals surface area contributed by atoms with E-state index in [0.717, 1.165) is 11.8 Å². The summed E-state index contributed by atoms with van der Waals surface area (Å²) in [6.45, 7) is 0. The van der Waals surface area contributed by atoms with Gasteiger partial charge >= 0.3 is 0 Å². The maximum absolute atomic E-state index is 6.17. The number of rotatable bonds is 1. The maximum atomic E-state index is 6.17. The molecular formula is C12H21Cl. The van der Waals surface area contributed by atoms with Crippen molar-refractivity contribution < 1.29 is 0 Å². The Labute approximate surface area is 87.0 Å². The second-order valence-electron chi connectivity index (χ2n) is 4.92. The number of hydrogen-bond acceptors (Lipinski definition) is 0. The van der Waals surface area contributed by atoms with Crippen LogP contribution in [0.4, 0.5) is 0 Å². The van der Waals surface area contributed by atoms with Crippen LogP contribution in [-0.4, -0.2) is 5.38 Å². The average molecular weight is 201 g/mol. The molecule has 0 amide bonds. The van der Waals surface area contributed by atoms with E-state index in [1.54, 1.807) is 0 Å².